The Bertz CT molecular complexity index is 948. The van der Waals surface area contributed by atoms with Gasteiger partial charge in [-0.3, -0.25) is 4.79 Å². The van der Waals surface area contributed by atoms with E-state index in [1.54, 1.807) is 13.8 Å². The number of rotatable bonds is 5. The minimum Gasteiger partial charge on any atom is -0.321 e. The molecule has 0 radical (unpaired) electrons. The first-order valence-electron chi connectivity index (χ1n) is 7.16. The Labute approximate surface area is 170 Å². The van der Waals surface area contributed by atoms with E-state index in [2.05, 4.69) is 15.0 Å². The van der Waals surface area contributed by atoms with Crippen molar-refractivity contribution in [3.05, 3.63) is 50.2 Å². The van der Waals surface area contributed by atoms with Crippen LogP contribution in [-0.4, -0.2) is 25.4 Å². The van der Waals surface area contributed by atoms with Crippen LogP contribution in [0, 0.1) is 0 Å². The van der Waals surface area contributed by atoms with Crippen molar-refractivity contribution in [2.45, 2.75) is 24.8 Å². The Morgan fingerprint density at radius 1 is 1.00 bits per heavy atom. The average Bonchev–Trinajstić information content (AvgIpc) is 2.55. The molecule has 0 fully saturated rings. The lowest BCUT2D eigenvalue weighted by Crippen LogP contribution is -2.30. The summed E-state index contributed by atoms with van der Waals surface area (Å²) in [4.78, 5) is 16.2. The van der Waals surface area contributed by atoms with Gasteiger partial charge in [0.05, 0.1) is 20.0 Å². The van der Waals surface area contributed by atoms with Gasteiger partial charge in [-0.25, -0.2) is 18.1 Å². The van der Waals surface area contributed by atoms with Gasteiger partial charge in [-0.05, 0) is 38.1 Å². The highest BCUT2D eigenvalue weighted by Crippen LogP contribution is 2.36. The topological polar surface area (TPSA) is 88.2 Å². The fraction of sp³-hybridized carbons (Fsp3) is 0.200. The van der Waals surface area contributed by atoms with Crippen LogP contribution >= 0.6 is 46.4 Å². The summed E-state index contributed by atoms with van der Waals surface area (Å²) in [5, 5.41) is 2.09. The predicted molar refractivity (Wildman–Crippen MR) is 104 cm³/mol. The van der Waals surface area contributed by atoms with Crippen molar-refractivity contribution >= 4 is 68.0 Å². The SMILES string of the molecule is CC(C)NS(=O)(=O)c1ccc(NC(=O)c2nc(Cl)c(Cl)c(Cl)c2Cl)cc1. The van der Waals surface area contributed by atoms with Crippen LogP contribution in [0.25, 0.3) is 0 Å². The lowest BCUT2D eigenvalue weighted by Gasteiger charge is -2.11. The van der Waals surface area contributed by atoms with Gasteiger partial charge in [-0.15, -0.1) is 0 Å². The number of carbonyl (C=O) groups is 1. The molecule has 1 aromatic heterocycles. The van der Waals surface area contributed by atoms with Crippen molar-refractivity contribution in [3.63, 3.8) is 0 Å². The van der Waals surface area contributed by atoms with E-state index in [0.29, 0.717) is 5.69 Å². The number of amides is 1. The number of anilines is 1. The van der Waals surface area contributed by atoms with Crippen molar-refractivity contribution in [1.29, 1.82) is 0 Å². The molecule has 0 saturated heterocycles. The van der Waals surface area contributed by atoms with Crippen molar-refractivity contribution in [3.8, 4) is 0 Å². The lowest BCUT2D eigenvalue weighted by molar-refractivity contribution is 0.102. The smallest absolute Gasteiger partial charge is 0.275 e. The summed E-state index contributed by atoms with van der Waals surface area (Å²) in [5.41, 5.74) is 0.128. The van der Waals surface area contributed by atoms with Crippen LogP contribution in [-0.2, 0) is 10.0 Å². The summed E-state index contributed by atoms with van der Waals surface area (Å²) in [6.07, 6.45) is 0. The van der Waals surface area contributed by atoms with Gasteiger partial charge < -0.3 is 5.32 Å². The number of benzene rings is 1. The highest BCUT2D eigenvalue weighted by Gasteiger charge is 2.21. The Balaban J connectivity index is 2.24. The van der Waals surface area contributed by atoms with E-state index >= 15 is 0 Å². The van der Waals surface area contributed by atoms with Gasteiger partial charge in [0.25, 0.3) is 5.91 Å². The van der Waals surface area contributed by atoms with Crippen molar-refractivity contribution in [2.24, 2.45) is 0 Å². The van der Waals surface area contributed by atoms with E-state index in [-0.39, 0.29) is 36.9 Å². The fourth-order valence-corrected chi connectivity index (χ4v) is 3.99. The second-order valence-electron chi connectivity index (χ2n) is 5.45. The molecule has 2 aromatic rings. The maximum Gasteiger partial charge on any atom is 0.275 e. The summed E-state index contributed by atoms with van der Waals surface area (Å²) < 4.78 is 26.6. The molecule has 0 unspecified atom stereocenters. The second kappa shape index (κ2) is 8.29. The molecule has 140 valence electrons. The second-order valence-corrected chi connectivity index (χ2v) is 8.65. The van der Waals surface area contributed by atoms with E-state index in [4.69, 9.17) is 46.4 Å². The van der Waals surface area contributed by atoms with Crippen molar-refractivity contribution < 1.29 is 13.2 Å². The number of nitrogens with zero attached hydrogens (tertiary/aromatic N) is 1. The molecule has 1 amide bonds. The first-order valence-corrected chi connectivity index (χ1v) is 10.2. The molecule has 2 N–H and O–H groups in total. The van der Waals surface area contributed by atoms with E-state index in [0.717, 1.165) is 0 Å². The minimum atomic E-state index is -3.63. The standard InChI is InChI=1S/C15H13Cl4N3O3S/c1-7(2)22-26(24,25)9-5-3-8(4-6-9)20-15(23)13-11(17)10(16)12(18)14(19)21-13/h3-7,22H,1-2H3,(H,20,23). The zero-order valence-corrected chi connectivity index (χ0v) is 17.3. The number of pyridine rings is 1. The lowest BCUT2D eigenvalue weighted by atomic mass is 10.3. The first kappa shape index (κ1) is 21.2. The molecule has 0 atom stereocenters. The highest BCUT2D eigenvalue weighted by atomic mass is 35.5. The molecule has 2 rings (SSSR count). The summed E-state index contributed by atoms with van der Waals surface area (Å²) in [5.74, 6) is -0.675. The van der Waals surface area contributed by atoms with Gasteiger partial charge in [-0.1, -0.05) is 46.4 Å². The van der Waals surface area contributed by atoms with Crippen LogP contribution in [0.15, 0.2) is 29.2 Å². The quantitative estimate of drug-likeness (QED) is 0.641. The van der Waals surface area contributed by atoms with E-state index < -0.39 is 15.9 Å². The molecule has 26 heavy (non-hydrogen) atoms. The fourth-order valence-electron chi connectivity index (χ4n) is 1.92. The summed E-state index contributed by atoms with van der Waals surface area (Å²) in [7, 11) is -3.63. The number of sulfonamides is 1. The number of aromatic nitrogens is 1. The third-order valence-corrected chi connectivity index (χ3v) is 6.36. The number of carbonyl (C=O) groups excluding carboxylic acids is 1. The molecule has 0 aliphatic carbocycles. The largest absolute Gasteiger partial charge is 0.321 e. The minimum absolute atomic E-state index is 0.0536. The van der Waals surface area contributed by atoms with Crippen molar-refractivity contribution in [1.82, 2.24) is 9.71 Å². The van der Waals surface area contributed by atoms with Crippen LogP contribution in [0.1, 0.15) is 24.3 Å². The maximum absolute atomic E-state index is 12.3. The molecule has 0 saturated carbocycles. The third-order valence-electron chi connectivity index (χ3n) is 3.01. The molecule has 0 bridgehead atoms. The van der Waals surface area contributed by atoms with E-state index in [9.17, 15) is 13.2 Å². The Morgan fingerprint density at radius 3 is 2.12 bits per heavy atom. The first-order chi connectivity index (χ1) is 12.0. The van der Waals surface area contributed by atoms with Crippen LogP contribution in [0.3, 0.4) is 0 Å². The van der Waals surface area contributed by atoms with E-state index in [1.807, 2.05) is 0 Å². The van der Waals surface area contributed by atoms with Crippen molar-refractivity contribution in [2.75, 3.05) is 5.32 Å². The summed E-state index contributed by atoms with van der Waals surface area (Å²) >= 11 is 23.5. The molecule has 11 heteroatoms. The predicted octanol–water partition coefficient (Wildman–Crippen LogP) is 4.63. The third kappa shape index (κ3) is 4.79. The maximum atomic E-state index is 12.3. The number of nitrogens with one attached hydrogen (secondary N) is 2. The van der Waals surface area contributed by atoms with Gasteiger partial charge >= 0.3 is 0 Å². The molecular formula is C15H13Cl4N3O3S. The van der Waals surface area contributed by atoms with Crippen LogP contribution < -0.4 is 10.0 Å². The average molecular weight is 457 g/mol. The zero-order valence-electron chi connectivity index (χ0n) is 13.5. The Morgan fingerprint density at radius 2 is 1.58 bits per heavy atom. The highest BCUT2D eigenvalue weighted by molar-refractivity contribution is 7.89. The van der Waals surface area contributed by atoms with Crippen LogP contribution in [0.4, 0.5) is 5.69 Å². The van der Waals surface area contributed by atoms with Crippen LogP contribution in [0.2, 0.25) is 20.2 Å². The Kier molecular flexibility index (Phi) is 6.76. The molecule has 1 aromatic carbocycles. The molecule has 0 aliphatic heterocycles. The summed E-state index contributed by atoms with van der Waals surface area (Å²) in [6, 6.07) is 5.33. The van der Waals surface area contributed by atoms with Gasteiger partial charge in [-0.2, -0.15) is 0 Å². The number of hydrogen-bond donors (Lipinski definition) is 2. The Hall–Kier alpha value is -1.09. The monoisotopic (exact) mass is 455 g/mol. The molecule has 6 nitrogen and oxygen atoms in total. The van der Waals surface area contributed by atoms with Gasteiger partial charge in [0.15, 0.2) is 0 Å². The zero-order chi connectivity index (χ0) is 19.6. The number of halogens is 4. The summed E-state index contributed by atoms with van der Waals surface area (Å²) in [6.45, 7) is 3.43. The van der Waals surface area contributed by atoms with Gasteiger partial charge in [0.2, 0.25) is 10.0 Å². The molecule has 0 spiro atoms. The van der Waals surface area contributed by atoms with E-state index in [1.165, 1.54) is 24.3 Å². The molecule has 0 aliphatic rings. The normalized spacial score (nSPS) is 11.7. The molecular weight excluding hydrogens is 444 g/mol. The molecule has 1 heterocycles. The van der Waals surface area contributed by atoms with Gasteiger partial charge in [0.1, 0.15) is 10.8 Å². The van der Waals surface area contributed by atoms with Crippen LogP contribution in [0.5, 0.6) is 0 Å². The van der Waals surface area contributed by atoms with Gasteiger partial charge in [0, 0.05) is 11.7 Å². The number of hydrogen-bond acceptors (Lipinski definition) is 4.